The van der Waals surface area contributed by atoms with Gasteiger partial charge in [-0.15, -0.1) is 0 Å². The van der Waals surface area contributed by atoms with Crippen molar-refractivity contribution in [3.63, 3.8) is 0 Å². The van der Waals surface area contributed by atoms with Gasteiger partial charge >= 0.3 is 0 Å². The second-order valence-electron chi connectivity index (χ2n) is 4.34. The number of thioether (sulfide) groups is 1. The topological polar surface area (TPSA) is 45.8 Å². The summed E-state index contributed by atoms with van der Waals surface area (Å²) in [6, 6.07) is 1.68. The van der Waals surface area contributed by atoms with Crippen molar-refractivity contribution in [3.05, 3.63) is 27.9 Å². The maximum atomic E-state index is 11.5. The van der Waals surface area contributed by atoms with Crippen molar-refractivity contribution >= 4 is 11.8 Å². The summed E-state index contributed by atoms with van der Waals surface area (Å²) in [6.07, 6.45) is 7.87. The molecule has 1 fully saturated rings. The zero-order valence-corrected chi connectivity index (χ0v) is 10.5. The van der Waals surface area contributed by atoms with E-state index in [-0.39, 0.29) is 5.56 Å². The van der Waals surface area contributed by atoms with Crippen LogP contribution in [-0.4, -0.2) is 22.0 Å². The molecule has 1 aromatic heterocycles. The molecule has 1 aromatic rings. The van der Waals surface area contributed by atoms with Gasteiger partial charge in [-0.05, 0) is 19.1 Å². The van der Waals surface area contributed by atoms with E-state index in [0.29, 0.717) is 5.92 Å². The molecule has 88 valence electrons. The Hall–Kier alpha value is -0.770. The van der Waals surface area contributed by atoms with Crippen LogP contribution in [0.1, 0.15) is 43.1 Å². The molecular weight excluding hydrogens is 220 g/mol. The van der Waals surface area contributed by atoms with E-state index >= 15 is 0 Å². The van der Waals surface area contributed by atoms with Crippen molar-refractivity contribution in [1.82, 2.24) is 9.97 Å². The minimum Gasteiger partial charge on any atom is -0.311 e. The third-order valence-electron chi connectivity index (χ3n) is 3.13. The first-order chi connectivity index (χ1) is 7.79. The Kier molecular flexibility index (Phi) is 4.04. The van der Waals surface area contributed by atoms with E-state index in [1.165, 1.54) is 25.7 Å². The van der Waals surface area contributed by atoms with Gasteiger partial charge in [0.05, 0.1) is 5.69 Å². The van der Waals surface area contributed by atoms with Crippen molar-refractivity contribution in [1.29, 1.82) is 0 Å². The minimum absolute atomic E-state index is 0.00741. The Morgan fingerprint density at radius 1 is 1.50 bits per heavy atom. The molecule has 0 atom stereocenters. The van der Waals surface area contributed by atoms with E-state index in [4.69, 9.17) is 0 Å². The number of rotatable bonds is 4. The van der Waals surface area contributed by atoms with Gasteiger partial charge in [0, 0.05) is 24.2 Å². The SMILES string of the molecule is CSCCc1nc(C2CCCC2)cc(=O)[nH]1. The average Bonchev–Trinajstić information content (AvgIpc) is 2.79. The molecule has 0 radical (unpaired) electrons. The molecule has 1 N–H and O–H groups in total. The molecule has 0 saturated heterocycles. The van der Waals surface area contributed by atoms with Gasteiger partial charge < -0.3 is 4.98 Å². The molecule has 0 unspecified atom stereocenters. The molecule has 1 aliphatic rings. The maximum absolute atomic E-state index is 11.5. The summed E-state index contributed by atoms with van der Waals surface area (Å²) in [7, 11) is 0. The van der Waals surface area contributed by atoms with Crippen LogP contribution in [0.3, 0.4) is 0 Å². The molecule has 0 amide bonds. The van der Waals surface area contributed by atoms with Gasteiger partial charge in [-0.2, -0.15) is 11.8 Å². The van der Waals surface area contributed by atoms with Crippen LogP contribution in [0.2, 0.25) is 0 Å². The van der Waals surface area contributed by atoms with Crippen molar-refractivity contribution < 1.29 is 0 Å². The Balaban J connectivity index is 2.17. The maximum Gasteiger partial charge on any atom is 0.251 e. The largest absolute Gasteiger partial charge is 0.311 e. The summed E-state index contributed by atoms with van der Waals surface area (Å²) in [4.78, 5) is 18.9. The standard InChI is InChI=1S/C12H18N2OS/c1-16-7-6-11-13-10(8-12(15)14-11)9-4-2-3-5-9/h8-9H,2-7H2,1H3,(H,13,14,15). The fraction of sp³-hybridized carbons (Fsp3) is 0.667. The molecule has 2 rings (SSSR count). The molecule has 3 nitrogen and oxygen atoms in total. The molecule has 0 spiro atoms. The predicted octanol–water partition coefficient (Wildman–Crippen LogP) is 2.33. The Labute approximate surface area is 100 Å². The van der Waals surface area contributed by atoms with Crippen molar-refractivity contribution in [3.8, 4) is 0 Å². The second-order valence-corrected chi connectivity index (χ2v) is 5.33. The molecule has 0 aliphatic heterocycles. The Bertz CT molecular complexity index is 396. The van der Waals surface area contributed by atoms with Crippen molar-refractivity contribution in [2.75, 3.05) is 12.0 Å². The van der Waals surface area contributed by atoms with Gasteiger partial charge in [0.25, 0.3) is 5.56 Å². The minimum atomic E-state index is 0.00741. The molecule has 1 aliphatic carbocycles. The first-order valence-electron chi connectivity index (χ1n) is 5.88. The normalized spacial score (nSPS) is 16.8. The summed E-state index contributed by atoms with van der Waals surface area (Å²) in [6.45, 7) is 0. The monoisotopic (exact) mass is 238 g/mol. The highest BCUT2D eigenvalue weighted by Crippen LogP contribution is 2.32. The van der Waals surface area contributed by atoms with Gasteiger partial charge in [-0.25, -0.2) is 4.98 Å². The molecular formula is C12H18N2OS. The number of H-pyrrole nitrogens is 1. The fourth-order valence-electron chi connectivity index (χ4n) is 2.28. The Morgan fingerprint density at radius 2 is 2.25 bits per heavy atom. The van der Waals surface area contributed by atoms with Crippen LogP contribution >= 0.6 is 11.8 Å². The number of aryl methyl sites for hydroxylation is 1. The lowest BCUT2D eigenvalue weighted by Crippen LogP contribution is -2.14. The Morgan fingerprint density at radius 3 is 2.94 bits per heavy atom. The highest BCUT2D eigenvalue weighted by Gasteiger charge is 2.19. The number of aromatic nitrogens is 2. The van der Waals surface area contributed by atoms with Gasteiger partial charge in [0.15, 0.2) is 0 Å². The zero-order valence-electron chi connectivity index (χ0n) is 9.66. The number of aromatic amines is 1. The lowest BCUT2D eigenvalue weighted by atomic mass is 10.0. The number of hydrogen-bond acceptors (Lipinski definition) is 3. The van der Waals surface area contributed by atoms with Gasteiger partial charge in [0.2, 0.25) is 0 Å². The van der Waals surface area contributed by atoms with E-state index in [1.54, 1.807) is 17.8 Å². The second kappa shape index (κ2) is 5.53. The highest BCUT2D eigenvalue weighted by molar-refractivity contribution is 7.98. The third kappa shape index (κ3) is 2.88. The van der Waals surface area contributed by atoms with E-state index < -0.39 is 0 Å². The third-order valence-corrected chi connectivity index (χ3v) is 3.74. The van der Waals surface area contributed by atoms with Crippen LogP contribution in [0.25, 0.3) is 0 Å². The van der Waals surface area contributed by atoms with Crippen LogP contribution in [0.15, 0.2) is 10.9 Å². The number of nitrogens with one attached hydrogen (secondary N) is 1. The molecule has 1 saturated carbocycles. The van der Waals surface area contributed by atoms with Crippen LogP contribution in [-0.2, 0) is 6.42 Å². The lowest BCUT2D eigenvalue weighted by molar-refractivity contribution is 0.682. The van der Waals surface area contributed by atoms with Crippen LogP contribution in [0.5, 0.6) is 0 Å². The molecule has 16 heavy (non-hydrogen) atoms. The first-order valence-corrected chi connectivity index (χ1v) is 7.28. The lowest BCUT2D eigenvalue weighted by Gasteiger charge is -2.09. The van der Waals surface area contributed by atoms with Gasteiger partial charge in [-0.3, -0.25) is 4.79 Å². The molecule has 1 heterocycles. The summed E-state index contributed by atoms with van der Waals surface area (Å²) in [5.41, 5.74) is 1.02. The molecule has 0 aromatic carbocycles. The molecule has 4 heteroatoms. The van der Waals surface area contributed by atoms with Crippen LogP contribution in [0, 0.1) is 0 Å². The quantitative estimate of drug-likeness (QED) is 0.875. The van der Waals surface area contributed by atoms with E-state index in [0.717, 1.165) is 23.7 Å². The van der Waals surface area contributed by atoms with Crippen LogP contribution in [0.4, 0.5) is 0 Å². The predicted molar refractivity (Wildman–Crippen MR) is 68.2 cm³/mol. The van der Waals surface area contributed by atoms with Crippen LogP contribution < -0.4 is 5.56 Å². The fourth-order valence-corrected chi connectivity index (χ4v) is 2.67. The summed E-state index contributed by atoms with van der Waals surface area (Å²) >= 11 is 1.78. The average molecular weight is 238 g/mol. The van der Waals surface area contributed by atoms with E-state index in [1.807, 2.05) is 0 Å². The van der Waals surface area contributed by atoms with E-state index in [9.17, 15) is 4.79 Å². The van der Waals surface area contributed by atoms with Gasteiger partial charge in [0.1, 0.15) is 5.82 Å². The number of hydrogen-bond donors (Lipinski definition) is 1. The number of nitrogens with zero attached hydrogens (tertiary/aromatic N) is 1. The highest BCUT2D eigenvalue weighted by atomic mass is 32.2. The zero-order chi connectivity index (χ0) is 11.4. The smallest absolute Gasteiger partial charge is 0.251 e. The summed E-state index contributed by atoms with van der Waals surface area (Å²) in [5.74, 6) is 2.39. The first kappa shape index (κ1) is 11.7. The van der Waals surface area contributed by atoms with Crippen molar-refractivity contribution in [2.45, 2.75) is 38.0 Å². The molecule has 0 bridgehead atoms. The summed E-state index contributed by atoms with van der Waals surface area (Å²) < 4.78 is 0. The van der Waals surface area contributed by atoms with Crippen molar-refractivity contribution in [2.24, 2.45) is 0 Å². The summed E-state index contributed by atoms with van der Waals surface area (Å²) in [5, 5.41) is 0. The van der Waals surface area contributed by atoms with E-state index in [2.05, 4.69) is 16.2 Å². The van der Waals surface area contributed by atoms with Gasteiger partial charge in [-0.1, -0.05) is 12.8 Å².